The van der Waals surface area contributed by atoms with Crippen molar-refractivity contribution in [2.24, 2.45) is 22.7 Å². The molecule has 0 aromatic carbocycles. The van der Waals surface area contributed by atoms with Gasteiger partial charge in [-0.25, -0.2) is 4.79 Å². The van der Waals surface area contributed by atoms with Gasteiger partial charge in [0.25, 0.3) is 0 Å². The van der Waals surface area contributed by atoms with E-state index in [0.717, 1.165) is 30.4 Å². The first kappa shape index (κ1) is 27.1. The third-order valence-corrected chi connectivity index (χ3v) is 7.54. The van der Waals surface area contributed by atoms with Crippen molar-refractivity contribution < 1.29 is 29.0 Å². The summed E-state index contributed by atoms with van der Waals surface area (Å²) in [6.45, 7) is 15.8. The molecule has 6 heteroatoms. The average molecular weight is 463 g/mol. The Morgan fingerprint density at radius 3 is 2.30 bits per heavy atom. The molecule has 0 amide bonds. The molecule has 0 aromatic rings. The Labute approximate surface area is 198 Å². The maximum atomic E-state index is 12.7. The van der Waals surface area contributed by atoms with Crippen molar-refractivity contribution in [3.05, 3.63) is 22.8 Å². The van der Waals surface area contributed by atoms with E-state index in [-0.39, 0.29) is 34.6 Å². The minimum Gasteiger partial charge on any atom is -0.478 e. The van der Waals surface area contributed by atoms with E-state index in [0.29, 0.717) is 19.3 Å². The Kier molecular flexibility index (Phi) is 8.58. The summed E-state index contributed by atoms with van der Waals surface area (Å²) < 4.78 is 12.0. The van der Waals surface area contributed by atoms with Gasteiger partial charge in [-0.2, -0.15) is 0 Å². The third-order valence-electron chi connectivity index (χ3n) is 7.54. The first-order valence-corrected chi connectivity index (χ1v) is 12.2. The highest BCUT2D eigenvalue weighted by atomic mass is 16.6. The van der Waals surface area contributed by atoms with Crippen molar-refractivity contribution in [2.75, 3.05) is 0 Å². The van der Waals surface area contributed by atoms with E-state index in [1.165, 1.54) is 18.6 Å². The van der Waals surface area contributed by atoms with Crippen LogP contribution in [-0.2, 0) is 23.9 Å². The molecule has 2 rings (SSSR count). The number of hydrogen-bond donors (Lipinski definition) is 1. The second kappa shape index (κ2) is 10.4. The lowest BCUT2D eigenvalue weighted by molar-refractivity contribution is -0.186. The molecular weight excluding hydrogens is 420 g/mol. The van der Waals surface area contributed by atoms with Gasteiger partial charge in [-0.3, -0.25) is 9.59 Å². The van der Waals surface area contributed by atoms with Crippen LogP contribution < -0.4 is 0 Å². The molecule has 6 nitrogen and oxygen atoms in total. The largest absolute Gasteiger partial charge is 0.478 e. The van der Waals surface area contributed by atoms with Crippen LogP contribution in [0.5, 0.6) is 0 Å². The van der Waals surface area contributed by atoms with Gasteiger partial charge >= 0.3 is 17.9 Å². The Morgan fingerprint density at radius 2 is 1.76 bits per heavy atom. The van der Waals surface area contributed by atoms with Gasteiger partial charge in [0, 0.05) is 25.3 Å². The number of rotatable bonds is 8. The lowest BCUT2D eigenvalue weighted by Gasteiger charge is -2.58. The maximum Gasteiger partial charge on any atom is 0.328 e. The predicted octanol–water partition coefficient (Wildman–Crippen LogP) is 5.85. The zero-order chi connectivity index (χ0) is 25.1. The first-order valence-electron chi connectivity index (χ1n) is 12.2. The van der Waals surface area contributed by atoms with E-state index in [9.17, 15) is 14.4 Å². The highest BCUT2D eigenvalue weighted by Gasteiger charge is 2.59. The van der Waals surface area contributed by atoms with Gasteiger partial charge < -0.3 is 14.6 Å². The van der Waals surface area contributed by atoms with Gasteiger partial charge in [0.15, 0.2) is 6.10 Å². The Hall–Kier alpha value is -2.11. The normalized spacial score (nSPS) is 29.5. The molecule has 4 atom stereocenters. The summed E-state index contributed by atoms with van der Waals surface area (Å²) in [4.78, 5) is 36.0. The van der Waals surface area contributed by atoms with Crippen LogP contribution >= 0.6 is 0 Å². The molecule has 0 heterocycles. The second-order valence-electron chi connectivity index (χ2n) is 11.3. The summed E-state index contributed by atoms with van der Waals surface area (Å²) in [5.41, 5.74) is 2.61. The van der Waals surface area contributed by atoms with Crippen molar-refractivity contribution in [1.29, 1.82) is 0 Å². The van der Waals surface area contributed by atoms with Crippen LogP contribution in [0.15, 0.2) is 22.8 Å². The Bertz CT molecular complexity index is 834. The summed E-state index contributed by atoms with van der Waals surface area (Å²) in [5.74, 6) is -1.45. The zero-order valence-electron chi connectivity index (χ0n) is 21.6. The van der Waals surface area contributed by atoms with E-state index in [4.69, 9.17) is 14.6 Å². The van der Waals surface area contributed by atoms with Crippen LogP contribution in [0.25, 0.3) is 0 Å². The molecule has 2 aliphatic carbocycles. The zero-order valence-corrected chi connectivity index (χ0v) is 21.6. The number of hydrogen-bond acceptors (Lipinski definition) is 5. The number of aliphatic carboxylic acids is 1. The molecule has 0 aromatic heterocycles. The molecule has 0 bridgehead atoms. The van der Waals surface area contributed by atoms with Gasteiger partial charge in [0.2, 0.25) is 0 Å². The van der Waals surface area contributed by atoms with E-state index >= 15 is 0 Å². The fourth-order valence-electron chi connectivity index (χ4n) is 6.36. The number of carbonyl (C=O) groups is 3. The molecule has 2 aliphatic rings. The van der Waals surface area contributed by atoms with Crippen molar-refractivity contribution in [1.82, 2.24) is 0 Å². The highest BCUT2D eigenvalue weighted by molar-refractivity contribution is 5.80. The summed E-state index contributed by atoms with van der Waals surface area (Å²) in [5, 5.41) is 9.12. The topological polar surface area (TPSA) is 89.9 Å². The fourth-order valence-corrected chi connectivity index (χ4v) is 6.36. The maximum absolute atomic E-state index is 12.7. The van der Waals surface area contributed by atoms with Crippen LogP contribution in [0.1, 0.15) is 93.9 Å². The molecule has 0 radical (unpaired) electrons. The molecule has 1 saturated carbocycles. The predicted molar refractivity (Wildman–Crippen MR) is 127 cm³/mol. The fraction of sp³-hybridized carbons (Fsp3) is 0.741. The van der Waals surface area contributed by atoms with Crippen LogP contribution in [0.4, 0.5) is 0 Å². The van der Waals surface area contributed by atoms with Gasteiger partial charge in [-0.15, -0.1) is 0 Å². The van der Waals surface area contributed by atoms with Crippen molar-refractivity contribution in [3.63, 3.8) is 0 Å². The molecule has 0 spiro atoms. The van der Waals surface area contributed by atoms with Gasteiger partial charge in [0.05, 0.1) is 0 Å². The number of carboxylic acid groups (broad SMARTS) is 1. The highest BCUT2D eigenvalue weighted by Crippen LogP contribution is 2.61. The number of esters is 2. The summed E-state index contributed by atoms with van der Waals surface area (Å²) in [6.07, 6.45) is 4.71. The summed E-state index contributed by atoms with van der Waals surface area (Å²) in [6, 6.07) is 0. The van der Waals surface area contributed by atoms with Crippen LogP contribution in [0.2, 0.25) is 0 Å². The quantitative estimate of drug-likeness (QED) is 0.276. The monoisotopic (exact) mass is 462 g/mol. The van der Waals surface area contributed by atoms with Crippen LogP contribution in [-0.4, -0.2) is 35.2 Å². The van der Waals surface area contributed by atoms with Crippen molar-refractivity contribution in [3.8, 4) is 0 Å². The second-order valence-corrected chi connectivity index (χ2v) is 11.3. The van der Waals surface area contributed by atoms with Crippen molar-refractivity contribution in [2.45, 2.75) is 106 Å². The number of carbonyl (C=O) groups excluding carboxylic acids is 2. The standard InChI is InChI=1S/C27H42O6/c1-16(2)14-22(31)33-23-18(4)20(11-10-17(3)15-21(29)30)27(8)13-9-12-26(6,7)25(27)24(23)32-19(5)28/h15-16,23-25H,9-14H2,1-8H3,(H,29,30)/b17-15+/t23-,24+,25?,27+/m0/s1. The molecular formula is C27H42O6. The minimum atomic E-state index is -0.944. The molecule has 0 saturated heterocycles. The van der Waals surface area contributed by atoms with Gasteiger partial charge in [-0.05, 0) is 61.9 Å². The third kappa shape index (κ3) is 6.27. The summed E-state index contributed by atoms with van der Waals surface area (Å²) >= 11 is 0. The number of allylic oxidation sites excluding steroid dienone is 2. The number of carboxylic acids is 1. The van der Waals surface area contributed by atoms with E-state index < -0.39 is 18.2 Å². The average Bonchev–Trinajstić information content (AvgIpc) is 2.62. The minimum absolute atomic E-state index is 0.0121. The first-order chi connectivity index (χ1) is 15.2. The Balaban J connectivity index is 2.59. The number of fused-ring (bicyclic) bond motifs is 1. The van der Waals surface area contributed by atoms with Crippen molar-refractivity contribution >= 4 is 17.9 Å². The molecule has 33 heavy (non-hydrogen) atoms. The van der Waals surface area contributed by atoms with Gasteiger partial charge in [0.1, 0.15) is 6.10 Å². The lowest BCUT2D eigenvalue weighted by atomic mass is 9.48. The molecule has 1 fully saturated rings. The molecule has 1 N–H and O–H groups in total. The smallest absolute Gasteiger partial charge is 0.328 e. The SMILES string of the molecule is CC(=O)O[C@H]1C2C(C)(C)CCC[C@]2(C)C(CC/C(C)=C/C(=O)O)=C(C)[C@@H]1OC(=O)CC(C)C. The van der Waals surface area contributed by atoms with E-state index in [1.807, 2.05) is 27.7 Å². The lowest BCUT2D eigenvalue weighted by Crippen LogP contribution is -2.58. The number of ether oxygens (including phenoxy) is 2. The van der Waals surface area contributed by atoms with Crippen LogP contribution in [0, 0.1) is 22.7 Å². The Morgan fingerprint density at radius 1 is 1.12 bits per heavy atom. The van der Waals surface area contributed by atoms with Gasteiger partial charge in [-0.1, -0.05) is 52.2 Å². The van der Waals surface area contributed by atoms with E-state index in [2.05, 4.69) is 20.8 Å². The van der Waals surface area contributed by atoms with Crippen LogP contribution in [0.3, 0.4) is 0 Å². The summed E-state index contributed by atoms with van der Waals surface area (Å²) in [7, 11) is 0. The molecule has 1 unspecified atom stereocenters. The molecule has 186 valence electrons. The van der Waals surface area contributed by atoms with E-state index in [1.54, 1.807) is 0 Å². The molecule has 0 aliphatic heterocycles.